The predicted molar refractivity (Wildman–Crippen MR) is 89.3 cm³/mol. The maximum atomic E-state index is 11.9. The molecule has 0 saturated heterocycles. The van der Waals surface area contributed by atoms with Crippen molar-refractivity contribution in [2.45, 2.75) is 23.8 Å². The molecule has 0 aliphatic carbocycles. The second kappa shape index (κ2) is 8.12. The summed E-state index contributed by atoms with van der Waals surface area (Å²) in [6, 6.07) is 10.1. The summed E-state index contributed by atoms with van der Waals surface area (Å²) in [6.45, 7) is 0.329. The lowest BCUT2D eigenvalue weighted by atomic mass is 10.1. The van der Waals surface area contributed by atoms with Crippen LogP contribution in [0.15, 0.2) is 52.0 Å². The number of nitrogens with one attached hydrogen (secondary N) is 1. The van der Waals surface area contributed by atoms with Gasteiger partial charge in [-0.1, -0.05) is 12.1 Å². The Bertz CT molecular complexity index is 751. The highest BCUT2D eigenvalue weighted by atomic mass is 32.2. The Morgan fingerprint density at radius 2 is 1.96 bits per heavy atom. The number of methoxy groups -OCH3 is 1. The van der Waals surface area contributed by atoms with Crippen molar-refractivity contribution in [2.24, 2.45) is 0 Å². The number of furan rings is 1. The largest absolute Gasteiger partial charge is 0.467 e. The lowest BCUT2D eigenvalue weighted by Crippen LogP contribution is -2.29. The zero-order chi connectivity index (χ0) is 17.6. The molecule has 1 heterocycles. The molecule has 1 amide bonds. The Morgan fingerprint density at radius 1 is 1.25 bits per heavy atom. The molecule has 0 saturated carbocycles. The number of benzene rings is 1. The molecular formula is C17H21NO5S. The van der Waals surface area contributed by atoms with Crippen LogP contribution >= 0.6 is 0 Å². The normalized spacial score (nSPS) is 12.8. The monoisotopic (exact) mass is 351 g/mol. The zero-order valence-corrected chi connectivity index (χ0v) is 14.5. The van der Waals surface area contributed by atoms with Crippen LogP contribution in [0.5, 0.6) is 0 Å². The van der Waals surface area contributed by atoms with Gasteiger partial charge in [-0.3, -0.25) is 4.79 Å². The van der Waals surface area contributed by atoms with E-state index in [0.29, 0.717) is 25.1 Å². The van der Waals surface area contributed by atoms with E-state index in [-0.39, 0.29) is 16.9 Å². The number of carbonyl (C=O) groups is 1. The Hall–Kier alpha value is -2.12. The van der Waals surface area contributed by atoms with Crippen LogP contribution in [0.1, 0.15) is 23.8 Å². The van der Waals surface area contributed by atoms with Crippen LogP contribution in [0.2, 0.25) is 0 Å². The molecule has 1 N–H and O–H groups in total. The molecule has 2 rings (SSSR count). The van der Waals surface area contributed by atoms with Crippen LogP contribution in [-0.2, 0) is 25.8 Å². The highest BCUT2D eigenvalue weighted by Gasteiger charge is 2.14. The molecule has 6 nitrogen and oxygen atoms in total. The lowest BCUT2D eigenvalue weighted by molar-refractivity contribution is -0.121. The van der Waals surface area contributed by atoms with Crippen molar-refractivity contribution in [2.75, 3.05) is 19.9 Å². The number of amides is 1. The SMILES string of the molecule is COC(CNC(=O)CCc1ccc(S(C)(=O)=O)cc1)c1ccco1. The summed E-state index contributed by atoms with van der Waals surface area (Å²) in [5, 5.41) is 2.81. The highest BCUT2D eigenvalue weighted by Crippen LogP contribution is 2.16. The van der Waals surface area contributed by atoms with Crippen LogP contribution in [0.4, 0.5) is 0 Å². The van der Waals surface area contributed by atoms with Crippen molar-refractivity contribution in [1.29, 1.82) is 0 Å². The van der Waals surface area contributed by atoms with Gasteiger partial charge >= 0.3 is 0 Å². The van der Waals surface area contributed by atoms with Gasteiger partial charge in [-0.15, -0.1) is 0 Å². The van der Waals surface area contributed by atoms with Crippen LogP contribution in [0, 0.1) is 0 Å². The molecule has 0 aliphatic heterocycles. The summed E-state index contributed by atoms with van der Waals surface area (Å²) in [5.41, 5.74) is 0.909. The number of rotatable bonds is 8. The van der Waals surface area contributed by atoms with E-state index in [9.17, 15) is 13.2 Å². The first-order chi connectivity index (χ1) is 11.4. The minimum atomic E-state index is -3.20. The molecule has 0 bridgehead atoms. The molecule has 7 heteroatoms. The zero-order valence-electron chi connectivity index (χ0n) is 13.7. The lowest BCUT2D eigenvalue weighted by Gasteiger charge is -2.13. The van der Waals surface area contributed by atoms with E-state index in [2.05, 4.69) is 5.32 Å². The summed E-state index contributed by atoms with van der Waals surface area (Å²) in [6.07, 6.45) is 3.25. The summed E-state index contributed by atoms with van der Waals surface area (Å²) < 4.78 is 33.4. The van der Waals surface area contributed by atoms with Crippen LogP contribution in [-0.4, -0.2) is 34.2 Å². The molecule has 1 aromatic carbocycles. The smallest absolute Gasteiger partial charge is 0.220 e. The third kappa shape index (κ3) is 5.21. The Kier molecular flexibility index (Phi) is 6.16. The van der Waals surface area contributed by atoms with Crippen LogP contribution < -0.4 is 5.32 Å². The standard InChI is InChI=1S/C17H21NO5S/c1-22-16(15-4-3-11-23-15)12-18-17(19)10-7-13-5-8-14(9-6-13)24(2,20)21/h3-6,8-9,11,16H,7,10,12H2,1-2H3,(H,18,19). The van der Waals surface area contributed by atoms with Gasteiger partial charge in [0.25, 0.3) is 0 Å². The van der Waals surface area contributed by atoms with Gasteiger partial charge < -0.3 is 14.5 Å². The first-order valence-electron chi connectivity index (χ1n) is 7.52. The fraction of sp³-hybridized carbons (Fsp3) is 0.353. The quantitative estimate of drug-likeness (QED) is 0.787. The van der Waals surface area contributed by atoms with Crippen LogP contribution in [0.25, 0.3) is 0 Å². The van der Waals surface area contributed by atoms with Crippen molar-refractivity contribution in [1.82, 2.24) is 5.32 Å². The topological polar surface area (TPSA) is 85.6 Å². The molecule has 0 spiro atoms. The summed E-state index contributed by atoms with van der Waals surface area (Å²) in [7, 11) is -1.64. The summed E-state index contributed by atoms with van der Waals surface area (Å²) >= 11 is 0. The summed E-state index contributed by atoms with van der Waals surface area (Å²) in [4.78, 5) is 12.2. The third-order valence-electron chi connectivity index (χ3n) is 3.62. The van der Waals surface area contributed by atoms with Gasteiger partial charge in [0.2, 0.25) is 5.91 Å². The van der Waals surface area contributed by atoms with E-state index in [4.69, 9.17) is 9.15 Å². The van der Waals surface area contributed by atoms with E-state index in [1.807, 2.05) is 0 Å². The second-order valence-electron chi connectivity index (χ2n) is 5.46. The number of carbonyl (C=O) groups excluding carboxylic acids is 1. The van der Waals surface area contributed by atoms with Crippen molar-refractivity contribution in [3.63, 3.8) is 0 Å². The Labute approximate surface area is 141 Å². The first kappa shape index (κ1) is 18.2. The van der Waals surface area contributed by atoms with Gasteiger partial charge in [-0.2, -0.15) is 0 Å². The summed E-state index contributed by atoms with van der Waals surface area (Å²) in [5.74, 6) is 0.560. The van der Waals surface area contributed by atoms with Gasteiger partial charge in [0, 0.05) is 19.8 Å². The van der Waals surface area contributed by atoms with Gasteiger partial charge in [-0.05, 0) is 36.2 Å². The van der Waals surface area contributed by atoms with Crippen molar-refractivity contribution >= 4 is 15.7 Å². The maximum absolute atomic E-state index is 11.9. The van der Waals surface area contributed by atoms with E-state index in [1.54, 1.807) is 49.8 Å². The number of aryl methyl sites for hydroxylation is 1. The maximum Gasteiger partial charge on any atom is 0.220 e. The van der Waals surface area contributed by atoms with Gasteiger partial charge in [0.15, 0.2) is 9.84 Å². The fourth-order valence-corrected chi connectivity index (χ4v) is 2.86. The second-order valence-corrected chi connectivity index (χ2v) is 7.48. The Balaban J connectivity index is 1.80. The van der Waals surface area contributed by atoms with E-state index >= 15 is 0 Å². The van der Waals surface area contributed by atoms with Gasteiger partial charge in [-0.25, -0.2) is 8.42 Å². The fourth-order valence-electron chi connectivity index (χ4n) is 2.23. The molecule has 1 aromatic heterocycles. The third-order valence-corrected chi connectivity index (χ3v) is 4.75. The molecule has 0 aliphatic rings. The van der Waals surface area contributed by atoms with E-state index in [0.717, 1.165) is 5.56 Å². The minimum absolute atomic E-state index is 0.101. The minimum Gasteiger partial charge on any atom is -0.467 e. The molecule has 1 atom stereocenters. The van der Waals surface area contributed by atoms with E-state index < -0.39 is 9.84 Å². The van der Waals surface area contributed by atoms with Gasteiger partial charge in [0.05, 0.1) is 17.7 Å². The number of hydrogen-bond acceptors (Lipinski definition) is 5. The molecule has 2 aromatic rings. The molecular weight excluding hydrogens is 330 g/mol. The average molecular weight is 351 g/mol. The van der Waals surface area contributed by atoms with E-state index in [1.165, 1.54) is 6.26 Å². The van der Waals surface area contributed by atoms with Crippen molar-refractivity contribution in [3.8, 4) is 0 Å². The molecule has 0 radical (unpaired) electrons. The highest BCUT2D eigenvalue weighted by molar-refractivity contribution is 7.90. The molecule has 1 unspecified atom stereocenters. The number of ether oxygens (including phenoxy) is 1. The van der Waals surface area contributed by atoms with Crippen LogP contribution in [0.3, 0.4) is 0 Å². The molecule has 130 valence electrons. The number of hydrogen-bond donors (Lipinski definition) is 1. The van der Waals surface area contributed by atoms with Crippen molar-refractivity contribution < 1.29 is 22.4 Å². The number of sulfone groups is 1. The molecule has 24 heavy (non-hydrogen) atoms. The average Bonchev–Trinajstić information content (AvgIpc) is 3.07. The molecule has 0 fully saturated rings. The predicted octanol–water partition coefficient (Wildman–Crippen LogP) is 2.12. The Morgan fingerprint density at radius 3 is 2.50 bits per heavy atom. The first-order valence-corrected chi connectivity index (χ1v) is 9.41. The van der Waals surface area contributed by atoms with Gasteiger partial charge in [0.1, 0.15) is 11.9 Å². The van der Waals surface area contributed by atoms with Crippen molar-refractivity contribution in [3.05, 3.63) is 54.0 Å².